The SMILES string of the molecule is Cc1ccc(C(C)Cc2ccc(C)c(O)c2)cc1. The molecule has 2 aromatic carbocycles. The molecule has 18 heavy (non-hydrogen) atoms. The van der Waals surface area contributed by atoms with Gasteiger partial charge in [0, 0.05) is 0 Å². The maximum Gasteiger partial charge on any atom is 0.118 e. The van der Waals surface area contributed by atoms with E-state index in [1.165, 1.54) is 16.7 Å². The van der Waals surface area contributed by atoms with Gasteiger partial charge in [0.1, 0.15) is 5.75 Å². The van der Waals surface area contributed by atoms with Gasteiger partial charge in [0.25, 0.3) is 0 Å². The number of benzene rings is 2. The lowest BCUT2D eigenvalue weighted by Gasteiger charge is -2.13. The second kappa shape index (κ2) is 5.26. The van der Waals surface area contributed by atoms with Crippen molar-refractivity contribution >= 4 is 0 Å². The molecule has 2 aromatic rings. The first-order chi connectivity index (χ1) is 8.56. The van der Waals surface area contributed by atoms with Crippen LogP contribution in [0.5, 0.6) is 5.75 Å². The Morgan fingerprint density at radius 2 is 1.67 bits per heavy atom. The molecule has 1 nitrogen and oxygen atoms in total. The van der Waals surface area contributed by atoms with E-state index in [1.807, 2.05) is 19.1 Å². The van der Waals surface area contributed by atoms with Gasteiger partial charge in [-0.15, -0.1) is 0 Å². The molecular weight excluding hydrogens is 220 g/mol. The normalized spacial score (nSPS) is 12.4. The topological polar surface area (TPSA) is 20.2 Å². The second-order valence-corrected chi connectivity index (χ2v) is 5.14. The highest BCUT2D eigenvalue weighted by Gasteiger charge is 2.07. The molecule has 0 bridgehead atoms. The minimum atomic E-state index is 0.392. The molecule has 0 amide bonds. The molecule has 0 saturated carbocycles. The van der Waals surface area contributed by atoms with Gasteiger partial charge in [0.05, 0.1) is 0 Å². The zero-order valence-electron chi connectivity index (χ0n) is 11.3. The molecule has 1 atom stereocenters. The minimum Gasteiger partial charge on any atom is -0.508 e. The Hall–Kier alpha value is -1.76. The summed E-state index contributed by atoms with van der Waals surface area (Å²) in [6.07, 6.45) is 0.955. The van der Waals surface area contributed by atoms with Crippen LogP contribution in [0.2, 0.25) is 0 Å². The van der Waals surface area contributed by atoms with E-state index in [0.29, 0.717) is 11.7 Å². The Kier molecular flexibility index (Phi) is 3.71. The van der Waals surface area contributed by atoms with Crippen LogP contribution in [-0.2, 0) is 6.42 Å². The van der Waals surface area contributed by atoms with Crippen molar-refractivity contribution in [3.8, 4) is 5.75 Å². The van der Waals surface area contributed by atoms with Crippen LogP contribution in [0.1, 0.15) is 35.1 Å². The fourth-order valence-corrected chi connectivity index (χ4v) is 2.15. The summed E-state index contributed by atoms with van der Waals surface area (Å²) in [7, 11) is 0. The maximum absolute atomic E-state index is 9.72. The van der Waals surface area contributed by atoms with Gasteiger partial charge in [0.15, 0.2) is 0 Å². The lowest BCUT2D eigenvalue weighted by Crippen LogP contribution is -1.98. The summed E-state index contributed by atoms with van der Waals surface area (Å²) in [6.45, 7) is 6.25. The molecule has 2 rings (SSSR count). The quantitative estimate of drug-likeness (QED) is 0.845. The zero-order valence-corrected chi connectivity index (χ0v) is 11.3. The van der Waals surface area contributed by atoms with Gasteiger partial charge >= 0.3 is 0 Å². The average Bonchev–Trinajstić information content (AvgIpc) is 2.34. The molecule has 0 aromatic heterocycles. The van der Waals surface area contributed by atoms with Gasteiger partial charge in [0.2, 0.25) is 0 Å². The largest absolute Gasteiger partial charge is 0.508 e. The van der Waals surface area contributed by atoms with E-state index < -0.39 is 0 Å². The van der Waals surface area contributed by atoms with Gasteiger partial charge in [-0.2, -0.15) is 0 Å². The Balaban J connectivity index is 2.13. The third-order valence-electron chi connectivity index (χ3n) is 3.46. The summed E-state index contributed by atoms with van der Waals surface area (Å²) >= 11 is 0. The highest BCUT2D eigenvalue weighted by atomic mass is 16.3. The van der Waals surface area contributed by atoms with E-state index in [0.717, 1.165) is 12.0 Å². The molecule has 0 aliphatic rings. The zero-order chi connectivity index (χ0) is 13.1. The van der Waals surface area contributed by atoms with E-state index in [1.54, 1.807) is 0 Å². The summed E-state index contributed by atoms with van der Waals surface area (Å²) in [5.41, 5.74) is 4.76. The van der Waals surface area contributed by atoms with Crippen molar-refractivity contribution in [2.75, 3.05) is 0 Å². The molecule has 0 saturated heterocycles. The van der Waals surface area contributed by atoms with Gasteiger partial charge in [-0.05, 0) is 48.9 Å². The number of hydrogen-bond acceptors (Lipinski definition) is 1. The molecule has 1 unspecified atom stereocenters. The third kappa shape index (κ3) is 2.92. The molecule has 0 heterocycles. The second-order valence-electron chi connectivity index (χ2n) is 5.14. The van der Waals surface area contributed by atoms with Crippen molar-refractivity contribution in [1.29, 1.82) is 0 Å². The predicted octanol–water partition coefficient (Wildman–Crippen LogP) is 4.36. The fraction of sp³-hybridized carbons (Fsp3) is 0.294. The standard InChI is InChI=1S/C17H20O/c1-12-4-8-16(9-5-12)14(3)10-15-7-6-13(2)17(18)11-15/h4-9,11,14,18H,10H2,1-3H3. The Morgan fingerprint density at radius 1 is 1.00 bits per heavy atom. The van der Waals surface area contributed by atoms with Crippen molar-refractivity contribution in [3.63, 3.8) is 0 Å². The first-order valence-corrected chi connectivity index (χ1v) is 6.41. The van der Waals surface area contributed by atoms with Crippen LogP contribution >= 0.6 is 0 Å². The van der Waals surface area contributed by atoms with E-state index in [2.05, 4.69) is 44.2 Å². The van der Waals surface area contributed by atoms with Gasteiger partial charge in [-0.3, -0.25) is 0 Å². The first kappa shape index (κ1) is 12.7. The van der Waals surface area contributed by atoms with Crippen LogP contribution in [0.4, 0.5) is 0 Å². The predicted molar refractivity (Wildman–Crippen MR) is 76.1 cm³/mol. The Labute approximate surface area is 109 Å². The van der Waals surface area contributed by atoms with Gasteiger partial charge < -0.3 is 5.11 Å². The van der Waals surface area contributed by atoms with Crippen LogP contribution in [0, 0.1) is 13.8 Å². The average molecular weight is 240 g/mol. The summed E-state index contributed by atoms with van der Waals surface area (Å²) in [4.78, 5) is 0. The van der Waals surface area contributed by atoms with Crippen LogP contribution in [-0.4, -0.2) is 5.11 Å². The van der Waals surface area contributed by atoms with Crippen LogP contribution in [0.3, 0.4) is 0 Å². The highest BCUT2D eigenvalue weighted by Crippen LogP contribution is 2.24. The number of aromatic hydroxyl groups is 1. The highest BCUT2D eigenvalue weighted by molar-refractivity contribution is 5.36. The molecular formula is C17H20O. The van der Waals surface area contributed by atoms with Crippen molar-refractivity contribution in [1.82, 2.24) is 0 Å². The molecule has 94 valence electrons. The number of rotatable bonds is 3. The van der Waals surface area contributed by atoms with E-state index >= 15 is 0 Å². The maximum atomic E-state index is 9.72. The third-order valence-corrected chi connectivity index (χ3v) is 3.46. The fourth-order valence-electron chi connectivity index (χ4n) is 2.15. The van der Waals surface area contributed by atoms with Crippen LogP contribution < -0.4 is 0 Å². The molecule has 0 fully saturated rings. The molecule has 0 aliphatic carbocycles. The number of phenolic OH excluding ortho intramolecular Hbond substituents is 1. The van der Waals surface area contributed by atoms with Crippen LogP contribution in [0.25, 0.3) is 0 Å². The van der Waals surface area contributed by atoms with Crippen molar-refractivity contribution in [2.45, 2.75) is 33.1 Å². The lowest BCUT2D eigenvalue weighted by molar-refractivity contribution is 0.470. The number of phenols is 1. The van der Waals surface area contributed by atoms with E-state index in [4.69, 9.17) is 0 Å². The van der Waals surface area contributed by atoms with E-state index in [9.17, 15) is 5.11 Å². The van der Waals surface area contributed by atoms with Gasteiger partial charge in [-0.1, -0.05) is 48.9 Å². The summed E-state index contributed by atoms with van der Waals surface area (Å²) in [5, 5.41) is 9.72. The van der Waals surface area contributed by atoms with Gasteiger partial charge in [-0.25, -0.2) is 0 Å². The monoisotopic (exact) mass is 240 g/mol. The molecule has 0 radical (unpaired) electrons. The molecule has 1 heteroatoms. The van der Waals surface area contributed by atoms with E-state index in [-0.39, 0.29) is 0 Å². The van der Waals surface area contributed by atoms with Crippen molar-refractivity contribution in [3.05, 3.63) is 64.7 Å². The van der Waals surface area contributed by atoms with Crippen molar-refractivity contribution < 1.29 is 5.11 Å². The Morgan fingerprint density at radius 3 is 2.28 bits per heavy atom. The smallest absolute Gasteiger partial charge is 0.118 e. The van der Waals surface area contributed by atoms with Crippen LogP contribution in [0.15, 0.2) is 42.5 Å². The number of hydrogen-bond donors (Lipinski definition) is 1. The summed E-state index contributed by atoms with van der Waals surface area (Å²) in [6, 6.07) is 14.6. The number of aryl methyl sites for hydroxylation is 2. The first-order valence-electron chi connectivity index (χ1n) is 6.41. The molecule has 0 spiro atoms. The van der Waals surface area contributed by atoms with Crippen molar-refractivity contribution in [2.24, 2.45) is 0 Å². The summed E-state index contributed by atoms with van der Waals surface area (Å²) < 4.78 is 0. The summed E-state index contributed by atoms with van der Waals surface area (Å²) in [5.74, 6) is 0.858. The molecule has 1 N–H and O–H groups in total. The lowest BCUT2D eigenvalue weighted by atomic mass is 9.93. The molecule has 0 aliphatic heterocycles. The minimum absolute atomic E-state index is 0.392. The Bertz CT molecular complexity index is 526.